The molecule has 3 rings (SSSR count). The molecule has 2 aromatic heterocycles. The molecule has 0 atom stereocenters. The molecule has 2 N–H and O–H groups in total. The lowest BCUT2D eigenvalue weighted by atomic mass is 9.93. The van der Waals surface area contributed by atoms with Crippen LogP contribution in [0.3, 0.4) is 0 Å². The van der Waals surface area contributed by atoms with Crippen LogP contribution in [0.15, 0.2) is 24.5 Å². The van der Waals surface area contributed by atoms with Crippen molar-refractivity contribution in [1.82, 2.24) is 20.0 Å². The van der Waals surface area contributed by atoms with E-state index in [0.717, 1.165) is 30.9 Å². The summed E-state index contributed by atoms with van der Waals surface area (Å²) in [7, 11) is 0. The van der Waals surface area contributed by atoms with Crippen LogP contribution in [-0.4, -0.2) is 28.4 Å². The quantitative estimate of drug-likeness (QED) is 0.820. The minimum Gasteiger partial charge on any atom is -0.350 e. The van der Waals surface area contributed by atoms with Crippen LogP contribution < -0.4 is 10.6 Å². The van der Waals surface area contributed by atoms with Crippen LogP contribution >= 0.6 is 36.4 Å². The number of imidazole rings is 1. The van der Waals surface area contributed by atoms with Crippen molar-refractivity contribution in [2.75, 3.05) is 13.1 Å². The average molecular weight is 394 g/mol. The van der Waals surface area contributed by atoms with Crippen LogP contribution in [0.4, 0.5) is 0 Å². The van der Waals surface area contributed by atoms with Gasteiger partial charge in [-0.2, -0.15) is 0 Å². The van der Waals surface area contributed by atoms with E-state index < -0.39 is 0 Å². The second-order valence-corrected chi connectivity index (χ2v) is 6.29. The summed E-state index contributed by atoms with van der Waals surface area (Å²) in [6, 6.07) is 3.68. The van der Waals surface area contributed by atoms with Gasteiger partial charge in [-0.05, 0) is 50.4 Å². The fourth-order valence-electron chi connectivity index (χ4n) is 2.89. The van der Waals surface area contributed by atoms with Gasteiger partial charge in [-0.25, -0.2) is 4.98 Å². The van der Waals surface area contributed by atoms with E-state index in [1.807, 2.05) is 28.9 Å². The van der Waals surface area contributed by atoms with Gasteiger partial charge in [0.2, 0.25) is 5.91 Å². The van der Waals surface area contributed by atoms with Crippen molar-refractivity contribution in [2.45, 2.75) is 32.2 Å². The lowest BCUT2D eigenvalue weighted by Crippen LogP contribution is -2.29. The van der Waals surface area contributed by atoms with Crippen LogP contribution in [0.1, 0.15) is 31.4 Å². The summed E-state index contributed by atoms with van der Waals surface area (Å²) >= 11 is 5.95. The standard InChI is InChI=1S/C16H21ClN4O.2ClH/c17-13-2-3-15-20-14(11-21(15)10-13)9-19-16(22)4-1-12-5-7-18-8-6-12;;/h2-3,10-12,18H,1,4-9H2,(H,19,22);2*1H. The molecule has 0 saturated carbocycles. The second-order valence-electron chi connectivity index (χ2n) is 5.85. The Morgan fingerprint density at radius 1 is 1.29 bits per heavy atom. The minimum absolute atomic E-state index is 0. The molecule has 3 heterocycles. The van der Waals surface area contributed by atoms with E-state index in [9.17, 15) is 4.79 Å². The van der Waals surface area contributed by atoms with E-state index in [1.54, 1.807) is 0 Å². The number of nitrogens with zero attached hydrogens (tertiary/aromatic N) is 2. The minimum atomic E-state index is 0. The number of pyridine rings is 1. The molecule has 0 spiro atoms. The normalized spacial score (nSPS) is 14.7. The van der Waals surface area contributed by atoms with Crippen LogP contribution in [0, 0.1) is 5.92 Å². The Labute approximate surface area is 159 Å². The van der Waals surface area contributed by atoms with Crippen LogP contribution in [-0.2, 0) is 11.3 Å². The lowest BCUT2D eigenvalue weighted by molar-refractivity contribution is -0.121. The molecule has 1 aliphatic heterocycles. The number of amides is 1. The van der Waals surface area contributed by atoms with Crippen LogP contribution in [0.2, 0.25) is 5.02 Å². The third kappa shape index (κ3) is 5.81. The van der Waals surface area contributed by atoms with E-state index in [0.29, 0.717) is 23.9 Å². The molecule has 1 amide bonds. The fourth-order valence-corrected chi connectivity index (χ4v) is 3.05. The van der Waals surface area contributed by atoms with Crippen molar-refractivity contribution < 1.29 is 4.79 Å². The molecule has 2 aromatic rings. The molecule has 5 nitrogen and oxygen atoms in total. The van der Waals surface area contributed by atoms with Gasteiger partial charge < -0.3 is 15.0 Å². The number of hydrogen-bond acceptors (Lipinski definition) is 3. The third-order valence-corrected chi connectivity index (χ3v) is 4.39. The van der Waals surface area contributed by atoms with Crippen molar-refractivity contribution >= 4 is 48.0 Å². The molecular formula is C16H23Cl3N4O. The average Bonchev–Trinajstić information content (AvgIpc) is 2.94. The van der Waals surface area contributed by atoms with E-state index in [1.165, 1.54) is 12.8 Å². The highest BCUT2D eigenvalue weighted by molar-refractivity contribution is 6.30. The summed E-state index contributed by atoms with van der Waals surface area (Å²) < 4.78 is 1.87. The van der Waals surface area contributed by atoms with Gasteiger partial charge in [0.25, 0.3) is 0 Å². The molecule has 0 aliphatic carbocycles. The molecule has 1 aliphatic rings. The van der Waals surface area contributed by atoms with Gasteiger partial charge in [0.1, 0.15) is 5.65 Å². The summed E-state index contributed by atoms with van der Waals surface area (Å²) in [5.41, 5.74) is 1.68. The number of hydrogen-bond donors (Lipinski definition) is 2. The summed E-state index contributed by atoms with van der Waals surface area (Å²) in [6.45, 7) is 2.62. The molecule has 1 saturated heterocycles. The largest absolute Gasteiger partial charge is 0.350 e. The van der Waals surface area contributed by atoms with E-state index in [-0.39, 0.29) is 30.7 Å². The maximum Gasteiger partial charge on any atom is 0.220 e. The number of aromatic nitrogens is 2. The molecule has 0 bridgehead atoms. The summed E-state index contributed by atoms with van der Waals surface area (Å²) in [5, 5.41) is 6.96. The number of carbonyl (C=O) groups is 1. The number of rotatable bonds is 5. The number of piperidine rings is 1. The highest BCUT2D eigenvalue weighted by atomic mass is 35.5. The Balaban J connectivity index is 0.00000144. The predicted octanol–water partition coefficient (Wildman–Crippen LogP) is 3.23. The maximum absolute atomic E-state index is 11.9. The first-order valence-corrected chi connectivity index (χ1v) is 8.19. The molecule has 134 valence electrons. The fraction of sp³-hybridized carbons (Fsp3) is 0.500. The lowest BCUT2D eigenvalue weighted by Gasteiger charge is -2.22. The number of fused-ring (bicyclic) bond motifs is 1. The van der Waals surface area contributed by atoms with Crippen molar-refractivity contribution in [3.05, 3.63) is 35.2 Å². The van der Waals surface area contributed by atoms with Crippen molar-refractivity contribution in [3.8, 4) is 0 Å². The molecule has 0 aromatic carbocycles. The first-order chi connectivity index (χ1) is 10.7. The first kappa shape index (κ1) is 21.0. The zero-order valence-corrected chi connectivity index (χ0v) is 15.7. The third-order valence-electron chi connectivity index (χ3n) is 4.17. The maximum atomic E-state index is 11.9. The van der Waals surface area contributed by atoms with Gasteiger partial charge in [0.15, 0.2) is 0 Å². The Bertz CT molecular complexity index is 656. The summed E-state index contributed by atoms with van der Waals surface area (Å²) in [6.07, 6.45) is 7.65. The number of nitrogens with one attached hydrogen (secondary N) is 2. The Kier molecular flexibility index (Phi) is 8.84. The molecule has 1 fully saturated rings. The van der Waals surface area contributed by atoms with E-state index in [2.05, 4.69) is 15.6 Å². The topological polar surface area (TPSA) is 58.4 Å². The Morgan fingerprint density at radius 2 is 2.04 bits per heavy atom. The predicted molar refractivity (Wildman–Crippen MR) is 101 cm³/mol. The second kappa shape index (κ2) is 10.1. The van der Waals surface area contributed by atoms with Gasteiger partial charge in [0.05, 0.1) is 17.3 Å². The monoisotopic (exact) mass is 392 g/mol. The van der Waals surface area contributed by atoms with Gasteiger partial charge >= 0.3 is 0 Å². The molecule has 0 unspecified atom stereocenters. The van der Waals surface area contributed by atoms with Gasteiger partial charge in [0, 0.05) is 18.8 Å². The molecule has 24 heavy (non-hydrogen) atoms. The SMILES string of the molecule is Cl.Cl.O=C(CCC1CCNCC1)NCc1cn2cc(Cl)ccc2n1. The molecule has 8 heteroatoms. The van der Waals surface area contributed by atoms with Gasteiger partial charge in [-0.3, -0.25) is 4.79 Å². The van der Waals surface area contributed by atoms with E-state index >= 15 is 0 Å². The smallest absolute Gasteiger partial charge is 0.220 e. The van der Waals surface area contributed by atoms with Gasteiger partial charge in [-0.1, -0.05) is 11.6 Å². The Morgan fingerprint density at radius 3 is 2.79 bits per heavy atom. The number of halogens is 3. The van der Waals surface area contributed by atoms with E-state index in [4.69, 9.17) is 11.6 Å². The molecule has 0 radical (unpaired) electrons. The Hall–Kier alpha value is -1.01. The molecular weight excluding hydrogens is 371 g/mol. The van der Waals surface area contributed by atoms with Crippen LogP contribution in [0.5, 0.6) is 0 Å². The zero-order chi connectivity index (χ0) is 15.4. The highest BCUT2D eigenvalue weighted by Gasteiger charge is 2.14. The summed E-state index contributed by atoms with van der Waals surface area (Å²) in [4.78, 5) is 16.4. The summed E-state index contributed by atoms with van der Waals surface area (Å²) in [5.74, 6) is 0.790. The van der Waals surface area contributed by atoms with Gasteiger partial charge in [-0.15, -0.1) is 24.8 Å². The number of carbonyl (C=O) groups excluding carboxylic acids is 1. The van der Waals surface area contributed by atoms with Crippen molar-refractivity contribution in [1.29, 1.82) is 0 Å². The van der Waals surface area contributed by atoms with Crippen molar-refractivity contribution in [3.63, 3.8) is 0 Å². The highest BCUT2D eigenvalue weighted by Crippen LogP contribution is 2.17. The van der Waals surface area contributed by atoms with Crippen molar-refractivity contribution in [2.24, 2.45) is 5.92 Å². The first-order valence-electron chi connectivity index (χ1n) is 7.81. The zero-order valence-electron chi connectivity index (χ0n) is 13.3. The van der Waals surface area contributed by atoms with Crippen LogP contribution in [0.25, 0.3) is 5.65 Å².